The van der Waals surface area contributed by atoms with E-state index in [9.17, 15) is 18.0 Å². The van der Waals surface area contributed by atoms with E-state index in [0.29, 0.717) is 58.3 Å². The lowest BCUT2D eigenvalue weighted by atomic mass is 10.0. The number of hydrogen-bond donors (Lipinski definition) is 2. The number of ether oxygens (including phenoxy) is 1. The van der Waals surface area contributed by atoms with Crippen LogP contribution in [0.4, 0.5) is 36.2 Å². The van der Waals surface area contributed by atoms with Crippen molar-refractivity contribution in [3.05, 3.63) is 114 Å². The SMILES string of the molecule is CCN(CCN(C)CCF)C1CCN(c2ccc(Nc3nccc(-c4c(-c5cccc(C(=O)Nc6c(F)cccc6F)c5)nc5c(C)cccn45)n3)c(OC)c2)CC1. The molecule has 7 rings (SSSR count). The number of halogens is 3. The van der Waals surface area contributed by atoms with Gasteiger partial charge in [-0.1, -0.05) is 31.2 Å². The summed E-state index contributed by atoms with van der Waals surface area (Å²) in [6.07, 6.45) is 5.65. The first kappa shape index (κ1) is 40.2. The van der Waals surface area contributed by atoms with Crippen LogP contribution in [0.1, 0.15) is 35.7 Å². The first-order valence-electron chi connectivity index (χ1n) is 19.5. The van der Waals surface area contributed by atoms with Crippen molar-refractivity contribution in [3.8, 4) is 28.4 Å². The molecule has 0 saturated carbocycles. The first-order valence-corrected chi connectivity index (χ1v) is 19.5. The number of nitrogens with one attached hydrogen (secondary N) is 2. The van der Waals surface area contributed by atoms with Gasteiger partial charge >= 0.3 is 0 Å². The Balaban J connectivity index is 1.11. The Morgan fingerprint density at radius 1 is 0.948 bits per heavy atom. The van der Waals surface area contributed by atoms with Gasteiger partial charge in [-0.2, -0.15) is 0 Å². The molecule has 302 valence electrons. The molecule has 0 bridgehead atoms. The Kier molecular flexibility index (Phi) is 12.5. The maximum Gasteiger partial charge on any atom is 0.255 e. The summed E-state index contributed by atoms with van der Waals surface area (Å²) >= 11 is 0. The van der Waals surface area contributed by atoms with Gasteiger partial charge < -0.3 is 25.2 Å². The highest BCUT2D eigenvalue weighted by Crippen LogP contribution is 2.36. The van der Waals surface area contributed by atoms with Crippen LogP contribution in [0.15, 0.2) is 91.3 Å². The van der Waals surface area contributed by atoms with Gasteiger partial charge in [0.25, 0.3) is 5.91 Å². The van der Waals surface area contributed by atoms with Crippen molar-refractivity contribution in [2.24, 2.45) is 0 Å². The van der Waals surface area contributed by atoms with E-state index in [-0.39, 0.29) is 12.2 Å². The summed E-state index contributed by atoms with van der Waals surface area (Å²) in [4.78, 5) is 34.7. The number of para-hydroxylation sites is 1. The number of anilines is 4. The molecule has 0 unspecified atom stereocenters. The highest BCUT2D eigenvalue weighted by atomic mass is 19.1. The summed E-state index contributed by atoms with van der Waals surface area (Å²) < 4.78 is 49.3. The normalized spacial score (nSPS) is 13.4. The van der Waals surface area contributed by atoms with Crippen LogP contribution in [0.25, 0.3) is 28.3 Å². The number of alkyl halides is 1. The van der Waals surface area contributed by atoms with Crippen molar-refractivity contribution in [1.29, 1.82) is 0 Å². The van der Waals surface area contributed by atoms with Crippen molar-refractivity contribution in [2.75, 3.05) is 75.6 Å². The van der Waals surface area contributed by atoms with Gasteiger partial charge in [0.2, 0.25) is 5.95 Å². The lowest BCUT2D eigenvalue weighted by molar-refractivity contribution is 0.102. The second kappa shape index (κ2) is 18.1. The Hall–Kier alpha value is -5.99. The molecule has 1 saturated heterocycles. The molecular formula is C44H48F3N9O2. The van der Waals surface area contributed by atoms with E-state index in [4.69, 9.17) is 14.7 Å². The molecule has 14 heteroatoms. The number of piperidine rings is 1. The Bertz CT molecular complexity index is 2360. The molecule has 3 aromatic carbocycles. The summed E-state index contributed by atoms with van der Waals surface area (Å²) in [6, 6.07) is 22.4. The van der Waals surface area contributed by atoms with E-state index >= 15 is 0 Å². The smallest absolute Gasteiger partial charge is 0.255 e. The van der Waals surface area contributed by atoms with Gasteiger partial charge in [0.15, 0.2) is 0 Å². The van der Waals surface area contributed by atoms with Crippen LogP contribution in [0, 0.1) is 18.6 Å². The number of amides is 1. The van der Waals surface area contributed by atoms with Crippen molar-refractivity contribution in [3.63, 3.8) is 0 Å². The molecule has 3 aromatic heterocycles. The summed E-state index contributed by atoms with van der Waals surface area (Å²) in [5, 5.41) is 5.72. The Morgan fingerprint density at radius 2 is 1.72 bits per heavy atom. The van der Waals surface area contributed by atoms with Crippen molar-refractivity contribution >= 4 is 34.6 Å². The molecule has 2 N–H and O–H groups in total. The number of hydrogen-bond acceptors (Lipinski definition) is 9. The third-order valence-corrected chi connectivity index (χ3v) is 10.8. The van der Waals surface area contributed by atoms with Crippen LogP contribution in [0.3, 0.4) is 0 Å². The Labute approximate surface area is 336 Å². The summed E-state index contributed by atoms with van der Waals surface area (Å²) in [7, 11) is 3.61. The number of rotatable bonds is 15. The first-order chi connectivity index (χ1) is 28.2. The van der Waals surface area contributed by atoms with Gasteiger partial charge in [0.1, 0.15) is 35.4 Å². The molecule has 1 aliphatic rings. The Morgan fingerprint density at radius 3 is 2.47 bits per heavy atom. The standard InChI is InChI=1S/C44H48F3N9O2/c1-5-54(26-25-53(3)24-19-45)32-17-22-55(23-18-32)33-14-15-36(38(28-33)58-4)49-44-48-20-16-37(50-44)41-39(51-42-29(2)9-8-21-56(41)42)30-10-6-11-31(27-30)43(57)52-40-34(46)12-7-13-35(40)47/h6-16,20-21,27-28,32H,5,17-19,22-26H2,1-4H3,(H,52,57)(H,48,49,50). The number of carbonyl (C=O) groups is 1. The minimum Gasteiger partial charge on any atom is -0.494 e. The van der Waals surface area contributed by atoms with Crippen LogP contribution < -0.4 is 20.3 Å². The predicted octanol–water partition coefficient (Wildman–Crippen LogP) is 8.24. The van der Waals surface area contributed by atoms with Crippen LogP contribution in [0.2, 0.25) is 0 Å². The fourth-order valence-electron chi connectivity index (χ4n) is 7.56. The average molecular weight is 792 g/mol. The number of likely N-dealkylation sites (N-methyl/N-ethyl adjacent to an activating group) is 2. The number of nitrogens with zero attached hydrogens (tertiary/aromatic N) is 7. The van der Waals surface area contributed by atoms with Crippen molar-refractivity contribution < 1.29 is 22.7 Å². The minimum atomic E-state index is -0.868. The number of methoxy groups -OCH3 is 1. The van der Waals surface area contributed by atoms with E-state index in [2.05, 4.69) is 38.4 Å². The second-order valence-electron chi connectivity index (χ2n) is 14.4. The molecule has 0 atom stereocenters. The lowest BCUT2D eigenvalue weighted by Crippen LogP contribution is -2.47. The van der Waals surface area contributed by atoms with Gasteiger partial charge in [0, 0.05) is 74.0 Å². The lowest BCUT2D eigenvalue weighted by Gasteiger charge is -2.39. The summed E-state index contributed by atoms with van der Waals surface area (Å²) in [6.45, 7) is 8.89. The van der Waals surface area contributed by atoms with Gasteiger partial charge in [-0.05, 0) is 87.5 Å². The number of pyridine rings is 1. The van der Waals surface area contributed by atoms with Crippen LogP contribution in [0.5, 0.6) is 5.75 Å². The minimum absolute atomic E-state index is 0.197. The highest BCUT2D eigenvalue weighted by Gasteiger charge is 2.25. The molecule has 1 amide bonds. The second-order valence-corrected chi connectivity index (χ2v) is 14.4. The molecule has 11 nitrogen and oxygen atoms in total. The molecular weight excluding hydrogens is 744 g/mol. The van der Waals surface area contributed by atoms with Crippen molar-refractivity contribution in [1.82, 2.24) is 29.2 Å². The number of carbonyl (C=O) groups excluding carboxylic acids is 1. The highest BCUT2D eigenvalue weighted by molar-refractivity contribution is 6.05. The maximum atomic E-state index is 14.4. The number of imidazole rings is 1. The number of aryl methyl sites for hydroxylation is 1. The monoisotopic (exact) mass is 791 g/mol. The quantitative estimate of drug-likeness (QED) is 0.107. The number of benzene rings is 3. The van der Waals surface area contributed by atoms with E-state index in [1.807, 2.05) is 59.8 Å². The third-order valence-electron chi connectivity index (χ3n) is 10.8. The summed E-state index contributed by atoms with van der Waals surface area (Å²) in [5.74, 6) is -1.41. The van der Waals surface area contributed by atoms with E-state index in [0.717, 1.165) is 68.9 Å². The topological polar surface area (TPSA) is 103 Å². The molecule has 0 spiro atoms. The van der Waals surface area contributed by atoms with Crippen LogP contribution in [-0.2, 0) is 0 Å². The predicted molar refractivity (Wildman–Crippen MR) is 223 cm³/mol. The van der Waals surface area contributed by atoms with Gasteiger partial charge in [-0.25, -0.2) is 28.1 Å². The van der Waals surface area contributed by atoms with Crippen LogP contribution in [-0.4, -0.2) is 101 Å². The van der Waals surface area contributed by atoms with Gasteiger partial charge in [-0.15, -0.1) is 0 Å². The third kappa shape index (κ3) is 8.77. The zero-order valence-corrected chi connectivity index (χ0v) is 33.2. The van der Waals surface area contributed by atoms with Gasteiger partial charge in [0.05, 0.1) is 29.9 Å². The average Bonchev–Trinajstić information content (AvgIpc) is 3.64. The van der Waals surface area contributed by atoms with Crippen molar-refractivity contribution in [2.45, 2.75) is 32.7 Å². The molecule has 0 aliphatic carbocycles. The van der Waals surface area contributed by atoms with E-state index in [1.54, 1.807) is 37.6 Å². The fraction of sp³-hybridized carbons (Fsp3) is 0.318. The van der Waals surface area contributed by atoms with Gasteiger partial charge in [-0.3, -0.25) is 14.1 Å². The number of aromatic nitrogens is 4. The molecule has 0 radical (unpaired) electrons. The zero-order chi connectivity index (χ0) is 40.8. The number of fused-ring (bicyclic) bond motifs is 1. The van der Waals surface area contributed by atoms with E-state index < -0.39 is 23.2 Å². The zero-order valence-electron chi connectivity index (χ0n) is 33.2. The largest absolute Gasteiger partial charge is 0.494 e. The molecule has 58 heavy (non-hydrogen) atoms. The molecule has 4 heterocycles. The molecule has 1 fully saturated rings. The molecule has 1 aliphatic heterocycles. The molecule has 6 aromatic rings. The maximum absolute atomic E-state index is 14.4. The summed E-state index contributed by atoms with van der Waals surface area (Å²) in [5.41, 5.74) is 5.50. The van der Waals surface area contributed by atoms with E-state index in [1.165, 1.54) is 6.07 Å². The fourth-order valence-corrected chi connectivity index (χ4v) is 7.56. The van der Waals surface area contributed by atoms with Crippen LogP contribution >= 0.6 is 0 Å².